The first-order valence-electron chi connectivity index (χ1n) is 9.66. The Balaban J connectivity index is 0.00000364. The number of guanidine groups is 1. The van der Waals surface area contributed by atoms with E-state index in [2.05, 4.69) is 32.0 Å². The monoisotopic (exact) mass is 488 g/mol. The molecule has 0 radical (unpaired) electrons. The molecular weight excluding hydrogens is 455 g/mol. The first kappa shape index (κ1) is 23.5. The van der Waals surface area contributed by atoms with Gasteiger partial charge >= 0.3 is 0 Å². The van der Waals surface area contributed by atoms with Gasteiger partial charge in [0.15, 0.2) is 5.96 Å². The van der Waals surface area contributed by atoms with Gasteiger partial charge in [-0.25, -0.2) is 4.98 Å². The zero-order chi connectivity index (χ0) is 18.8. The molecule has 8 heteroatoms. The van der Waals surface area contributed by atoms with Gasteiger partial charge in [-0.2, -0.15) is 0 Å². The van der Waals surface area contributed by atoms with Gasteiger partial charge in [0.2, 0.25) is 5.91 Å². The molecule has 0 atom stereocenters. The number of nitrogens with one attached hydrogen (secondary N) is 1. The van der Waals surface area contributed by atoms with Crippen molar-refractivity contribution in [2.24, 2.45) is 4.99 Å². The summed E-state index contributed by atoms with van der Waals surface area (Å²) in [6.45, 7) is 12.6. The Morgan fingerprint density at radius 2 is 1.89 bits per heavy atom. The highest BCUT2D eigenvalue weighted by molar-refractivity contribution is 14.0. The predicted octanol–water partition coefficient (Wildman–Crippen LogP) is 2.05. The molecule has 0 aromatic carbocycles. The van der Waals surface area contributed by atoms with Crippen molar-refractivity contribution in [3.05, 3.63) is 24.4 Å². The van der Waals surface area contributed by atoms with Crippen molar-refractivity contribution < 1.29 is 4.79 Å². The van der Waals surface area contributed by atoms with Crippen molar-refractivity contribution in [2.45, 2.75) is 27.2 Å². The maximum atomic E-state index is 12.1. The van der Waals surface area contributed by atoms with E-state index < -0.39 is 0 Å². The van der Waals surface area contributed by atoms with Gasteiger partial charge in [-0.1, -0.05) is 6.07 Å². The van der Waals surface area contributed by atoms with E-state index >= 15 is 0 Å². The van der Waals surface area contributed by atoms with Crippen LogP contribution < -0.4 is 10.2 Å². The molecule has 1 aliphatic rings. The van der Waals surface area contributed by atoms with Crippen LogP contribution in [0.1, 0.15) is 27.2 Å². The molecule has 152 valence electrons. The number of halogens is 1. The number of rotatable bonds is 7. The Morgan fingerprint density at radius 3 is 2.44 bits per heavy atom. The smallest absolute Gasteiger partial charge is 0.224 e. The molecule has 1 saturated heterocycles. The molecule has 1 amide bonds. The van der Waals surface area contributed by atoms with E-state index in [-0.39, 0.29) is 29.9 Å². The van der Waals surface area contributed by atoms with Crippen LogP contribution in [0.5, 0.6) is 0 Å². The Labute approximate surface area is 180 Å². The van der Waals surface area contributed by atoms with E-state index in [0.717, 1.165) is 57.6 Å². The third kappa shape index (κ3) is 7.15. The molecule has 0 bridgehead atoms. The van der Waals surface area contributed by atoms with Crippen molar-refractivity contribution in [3.8, 4) is 0 Å². The number of amides is 1. The molecule has 7 nitrogen and oxygen atoms in total. The molecule has 1 aromatic heterocycles. The number of piperazine rings is 1. The number of aromatic nitrogens is 1. The summed E-state index contributed by atoms with van der Waals surface area (Å²) in [5.74, 6) is 2.11. The maximum Gasteiger partial charge on any atom is 0.224 e. The van der Waals surface area contributed by atoms with Gasteiger partial charge in [0.05, 0.1) is 6.54 Å². The molecule has 0 unspecified atom stereocenters. The van der Waals surface area contributed by atoms with E-state index in [9.17, 15) is 4.79 Å². The van der Waals surface area contributed by atoms with Gasteiger partial charge < -0.3 is 20.0 Å². The van der Waals surface area contributed by atoms with Crippen molar-refractivity contribution in [1.82, 2.24) is 20.1 Å². The second kappa shape index (κ2) is 12.7. The topological polar surface area (TPSA) is 64.1 Å². The molecule has 0 saturated carbocycles. The molecule has 2 heterocycles. The number of anilines is 1. The molecule has 27 heavy (non-hydrogen) atoms. The lowest BCUT2D eigenvalue weighted by Gasteiger charge is -2.37. The molecule has 1 aromatic rings. The van der Waals surface area contributed by atoms with Crippen LogP contribution in [0.3, 0.4) is 0 Å². The van der Waals surface area contributed by atoms with Crippen LogP contribution >= 0.6 is 24.0 Å². The fourth-order valence-corrected chi connectivity index (χ4v) is 3.11. The zero-order valence-electron chi connectivity index (χ0n) is 16.7. The van der Waals surface area contributed by atoms with Crippen molar-refractivity contribution in [3.63, 3.8) is 0 Å². The number of carbonyl (C=O) groups is 1. The van der Waals surface area contributed by atoms with Crippen LogP contribution in [-0.4, -0.2) is 79.0 Å². The van der Waals surface area contributed by atoms with Crippen molar-refractivity contribution >= 4 is 41.7 Å². The lowest BCUT2D eigenvalue weighted by atomic mass is 10.3. The molecule has 1 N–H and O–H groups in total. The number of carbonyl (C=O) groups excluding carboxylic acids is 1. The standard InChI is InChI=1S/C19H32N6O.HI/c1-4-20-19(22-12-10-18(26)23(5-2)6-3)25-15-13-24(14-16-25)17-9-7-8-11-21-17;/h7-9,11H,4-6,10,12-16H2,1-3H3,(H,20,22);1H. The van der Waals surface area contributed by atoms with E-state index in [1.165, 1.54) is 0 Å². The van der Waals surface area contributed by atoms with Crippen LogP contribution in [0.4, 0.5) is 5.82 Å². The molecule has 2 rings (SSSR count). The number of aliphatic imine (C=N–C) groups is 1. The quantitative estimate of drug-likeness (QED) is 0.362. The van der Waals surface area contributed by atoms with Crippen LogP contribution in [0.25, 0.3) is 0 Å². The lowest BCUT2D eigenvalue weighted by molar-refractivity contribution is -0.130. The highest BCUT2D eigenvalue weighted by Gasteiger charge is 2.20. The van der Waals surface area contributed by atoms with Crippen LogP contribution in [-0.2, 0) is 4.79 Å². The second-order valence-corrected chi connectivity index (χ2v) is 6.21. The average molecular weight is 488 g/mol. The molecule has 0 spiro atoms. The summed E-state index contributed by atoms with van der Waals surface area (Å²) in [6, 6.07) is 6.01. The Bertz CT molecular complexity index is 571. The van der Waals surface area contributed by atoms with Crippen molar-refractivity contribution in [2.75, 3.05) is 57.3 Å². The lowest BCUT2D eigenvalue weighted by Crippen LogP contribution is -2.52. The van der Waals surface area contributed by atoms with E-state index in [4.69, 9.17) is 0 Å². The first-order valence-corrected chi connectivity index (χ1v) is 9.66. The Morgan fingerprint density at radius 1 is 1.19 bits per heavy atom. The highest BCUT2D eigenvalue weighted by atomic mass is 127. The minimum atomic E-state index is 0. The number of hydrogen-bond donors (Lipinski definition) is 1. The Hall–Kier alpha value is -1.58. The molecule has 0 aliphatic carbocycles. The van der Waals surface area contributed by atoms with E-state index in [1.54, 1.807) is 0 Å². The van der Waals surface area contributed by atoms with E-state index in [1.807, 2.05) is 43.1 Å². The maximum absolute atomic E-state index is 12.1. The second-order valence-electron chi connectivity index (χ2n) is 6.21. The molecule has 1 fully saturated rings. The SMILES string of the molecule is CCNC(=NCCC(=O)N(CC)CC)N1CCN(c2ccccn2)CC1.I. The largest absolute Gasteiger partial charge is 0.357 e. The summed E-state index contributed by atoms with van der Waals surface area (Å²) in [5, 5.41) is 3.35. The van der Waals surface area contributed by atoms with Crippen LogP contribution in [0.15, 0.2) is 29.4 Å². The molecule has 1 aliphatic heterocycles. The summed E-state index contributed by atoms with van der Waals surface area (Å²) in [7, 11) is 0. The number of pyridine rings is 1. The van der Waals surface area contributed by atoms with Gasteiger partial charge in [0.1, 0.15) is 5.82 Å². The minimum absolute atomic E-state index is 0. The van der Waals surface area contributed by atoms with E-state index in [0.29, 0.717) is 13.0 Å². The molecular formula is C19H33IN6O. The summed E-state index contributed by atoms with van der Waals surface area (Å²) >= 11 is 0. The normalized spacial score (nSPS) is 14.6. The van der Waals surface area contributed by atoms with Gasteiger partial charge in [-0.15, -0.1) is 24.0 Å². The summed E-state index contributed by atoms with van der Waals surface area (Å²) < 4.78 is 0. The summed E-state index contributed by atoms with van der Waals surface area (Å²) in [5.41, 5.74) is 0. The van der Waals surface area contributed by atoms with Crippen LogP contribution in [0.2, 0.25) is 0 Å². The van der Waals surface area contributed by atoms with Gasteiger partial charge in [0, 0.05) is 58.4 Å². The first-order chi connectivity index (χ1) is 12.7. The van der Waals surface area contributed by atoms with Gasteiger partial charge in [0.25, 0.3) is 0 Å². The van der Waals surface area contributed by atoms with Gasteiger partial charge in [-0.05, 0) is 32.9 Å². The zero-order valence-corrected chi connectivity index (χ0v) is 19.1. The minimum Gasteiger partial charge on any atom is -0.357 e. The average Bonchev–Trinajstić information content (AvgIpc) is 2.69. The number of nitrogens with zero attached hydrogens (tertiary/aromatic N) is 5. The summed E-state index contributed by atoms with van der Waals surface area (Å²) in [4.78, 5) is 27.7. The third-order valence-corrected chi connectivity index (χ3v) is 4.59. The third-order valence-electron chi connectivity index (χ3n) is 4.59. The van der Waals surface area contributed by atoms with Crippen LogP contribution in [0, 0.1) is 0 Å². The Kier molecular flexibility index (Phi) is 11.1. The summed E-state index contributed by atoms with van der Waals surface area (Å²) in [6.07, 6.45) is 2.30. The fraction of sp³-hybridized carbons (Fsp3) is 0.632. The van der Waals surface area contributed by atoms with Crippen molar-refractivity contribution in [1.29, 1.82) is 0 Å². The number of hydrogen-bond acceptors (Lipinski definition) is 4. The fourth-order valence-electron chi connectivity index (χ4n) is 3.11. The van der Waals surface area contributed by atoms with Gasteiger partial charge in [-0.3, -0.25) is 9.79 Å². The predicted molar refractivity (Wildman–Crippen MR) is 122 cm³/mol. The highest BCUT2D eigenvalue weighted by Crippen LogP contribution is 2.12.